The van der Waals surface area contributed by atoms with E-state index in [2.05, 4.69) is 28.1 Å². The molecular weight excluding hydrogens is 240 g/mol. The Kier molecular flexibility index (Phi) is 2.73. The first-order valence-corrected chi connectivity index (χ1v) is 6.06. The Morgan fingerprint density at radius 2 is 2.21 bits per heavy atom. The van der Waals surface area contributed by atoms with E-state index in [0.717, 1.165) is 24.0 Å². The lowest BCUT2D eigenvalue weighted by molar-refractivity contribution is 0.102. The molecule has 1 aliphatic carbocycles. The zero-order valence-electron chi connectivity index (χ0n) is 8.27. The van der Waals surface area contributed by atoms with Gasteiger partial charge >= 0.3 is 0 Å². The van der Waals surface area contributed by atoms with Crippen molar-refractivity contribution in [3.8, 4) is 0 Å². The molecule has 0 fully saturated rings. The van der Waals surface area contributed by atoms with Crippen LogP contribution < -0.4 is 0 Å². The maximum absolute atomic E-state index is 11.7. The summed E-state index contributed by atoms with van der Waals surface area (Å²) < 4.78 is 0. The second-order valence-electron chi connectivity index (χ2n) is 3.81. The Balaban J connectivity index is 2.57. The highest BCUT2D eigenvalue weighted by Gasteiger charge is 2.19. The van der Waals surface area contributed by atoms with Gasteiger partial charge in [-0.3, -0.25) is 4.79 Å². The van der Waals surface area contributed by atoms with E-state index in [1.807, 2.05) is 6.92 Å². The molecule has 0 unspecified atom stereocenters. The monoisotopic (exact) mass is 252 g/mol. The van der Waals surface area contributed by atoms with Crippen LogP contribution in [0.5, 0.6) is 0 Å². The topological polar surface area (TPSA) is 17.1 Å². The van der Waals surface area contributed by atoms with Crippen molar-refractivity contribution in [2.45, 2.75) is 26.2 Å². The van der Waals surface area contributed by atoms with E-state index in [4.69, 9.17) is 0 Å². The first-order valence-electron chi connectivity index (χ1n) is 4.94. The third-order valence-corrected chi connectivity index (χ3v) is 3.40. The van der Waals surface area contributed by atoms with E-state index in [0.29, 0.717) is 5.33 Å². The Bertz CT molecular complexity index is 382. The zero-order valence-corrected chi connectivity index (χ0v) is 9.86. The van der Waals surface area contributed by atoms with Crippen molar-refractivity contribution in [3.05, 3.63) is 34.4 Å². The van der Waals surface area contributed by atoms with Crippen LogP contribution in [0, 0.1) is 6.92 Å². The van der Waals surface area contributed by atoms with E-state index in [-0.39, 0.29) is 5.78 Å². The SMILES string of the molecule is Cc1ccc2c(c1C(=O)CBr)CCC2. The first kappa shape index (κ1) is 9.91. The third-order valence-electron chi connectivity index (χ3n) is 2.89. The summed E-state index contributed by atoms with van der Waals surface area (Å²) in [5, 5.41) is 0.435. The Morgan fingerprint density at radius 3 is 2.93 bits per heavy atom. The summed E-state index contributed by atoms with van der Waals surface area (Å²) in [4.78, 5) is 11.7. The summed E-state index contributed by atoms with van der Waals surface area (Å²) in [6.07, 6.45) is 3.41. The van der Waals surface area contributed by atoms with Crippen LogP contribution >= 0.6 is 15.9 Å². The van der Waals surface area contributed by atoms with Gasteiger partial charge in [0.15, 0.2) is 5.78 Å². The van der Waals surface area contributed by atoms with Gasteiger partial charge < -0.3 is 0 Å². The molecule has 0 heterocycles. The zero-order chi connectivity index (χ0) is 10.1. The molecule has 1 aliphatic rings. The predicted octanol–water partition coefficient (Wildman–Crippen LogP) is 3.06. The number of hydrogen-bond donors (Lipinski definition) is 0. The molecule has 0 spiro atoms. The molecule has 14 heavy (non-hydrogen) atoms. The molecule has 0 bridgehead atoms. The summed E-state index contributed by atoms with van der Waals surface area (Å²) in [6.45, 7) is 2.02. The normalized spacial score (nSPS) is 14.1. The van der Waals surface area contributed by atoms with Crippen LogP contribution in [0.3, 0.4) is 0 Å². The van der Waals surface area contributed by atoms with E-state index in [9.17, 15) is 4.79 Å². The van der Waals surface area contributed by atoms with Gasteiger partial charge in [-0.05, 0) is 42.9 Å². The molecule has 1 aromatic carbocycles. The molecule has 0 N–H and O–H groups in total. The summed E-state index contributed by atoms with van der Waals surface area (Å²) >= 11 is 3.24. The Morgan fingerprint density at radius 1 is 1.43 bits per heavy atom. The second-order valence-corrected chi connectivity index (χ2v) is 4.37. The fourth-order valence-electron chi connectivity index (χ4n) is 2.24. The van der Waals surface area contributed by atoms with Crippen LogP contribution in [-0.4, -0.2) is 11.1 Å². The number of aryl methyl sites for hydroxylation is 2. The molecule has 0 atom stereocenters. The quantitative estimate of drug-likeness (QED) is 0.584. The van der Waals surface area contributed by atoms with Crippen LogP contribution in [-0.2, 0) is 12.8 Å². The van der Waals surface area contributed by atoms with Gasteiger partial charge in [0.2, 0.25) is 0 Å². The van der Waals surface area contributed by atoms with Crippen molar-refractivity contribution >= 4 is 21.7 Å². The highest BCUT2D eigenvalue weighted by atomic mass is 79.9. The van der Waals surface area contributed by atoms with E-state index < -0.39 is 0 Å². The molecule has 0 saturated heterocycles. The number of rotatable bonds is 2. The molecule has 0 aromatic heterocycles. The molecule has 0 aliphatic heterocycles. The van der Waals surface area contributed by atoms with Crippen molar-refractivity contribution < 1.29 is 4.79 Å². The molecule has 0 amide bonds. The maximum Gasteiger partial charge on any atom is 0.173 e. The van der Waals surface area contributed by atoms with Crippen LogP contribution in [0.15, 0.2) is 12.1 Å². The minimum Gasteiger partial charge on any atom is -0.293 e. The lowest BCUT2D eigenvalue weighted by Gasteiger charge is -2.09. The molecule has 1 aromatic rings. The average Bonchev–Trinajstić information content (AvgIpc) is 2.64. The van der Waals surface area contributed by atoms with Gasteiger partial charge in [-0.1, -0.05) is 28.1 Å². The van der Waals surface area contributed by atoms with Crippen LogP contribution in [0.4, 0.5) is 0 Å². The van der Waals surface area contributed by atoms with Gasteiger partial charge in [-0.2, -0.15) is 0 Å². The molecule has 2 heteroatoms. The van der Waals surface area contributed by atoms with Gasteiger partial charge in [0, 0.05) is 5.56 Å². The standard InChI is InChI=1S/C12H13BrO/c1-8-5-6-9-3-2-4-10(9)12(8)11(14)7-13/h5-6H,2-4,7H2,1H3. The average molecular weight is 253 g/mol. The van der Waals surface area contributed by atoms with Crippen LogP contribution in [0.1, 0.15) is 33.5 Å². The smallest absolute Gasteiger partial charge is 0.173 e. The second kappa shape index (κ2) is 3.85. The molecule has 74 valence electrons. The van der Waals surface area contributed by atoms with Crippen molar-refractivity contribution in [1.82, 2.24) is 0 Å². The summed E-state index contributed by atoms with van der Waals surface area (Å²) in [5.74, 6) is 0.223. The number of carbonyl (C=O) groups excluding carboxylic acids is 1. The lowest BCUT2D eigenvalue weighted by Crippen LogP contribution is -2.07. The van der Waals surface area contributed by atoms with Crippen molar-refractivity contribution in [2.75, 3.05) is 5.33 Å². The Hall–Kier alpha value is -0.630. The van der Waals surface area contributed by atoms with Gasteiger partial charge in [-0.15, -0.1) is 0 Å². The van der Waals surface area contributed by atoms with Gasteiger partial charge in [-0.25, -0.2) is 0 Å². The van der Waals surface area contributed by atoms with E-state index in [1.54, 1.807) is 0 Å². The fourth-order valence-corrected chi connectivity index (χ4v) is 2.52. The van der Waals surface area contributed by atoms with Crippen molar-refractivity contribution in [1.29, 1.82) is 0 Å². The summed E-state index contributed by atoms with van der Waals surface area (Å²) in [6, 6.07) is 4.24. The number of alkyl halides is 1. The van der Waals surface area contributed by atoms with Crippen molar-refractivity contribution in [2.24, 2.45) is 0 Å². The number of hydrogen-bond acceptors (Lipinski definition) is 1. The number of ketones is 1. The predicted molar refractivity (Wildman–Crippen MR) is 61.3 cm³/mol. The largest absolute Gasteiger partial charge is 0.293 e. The lowest BCUT2D eigenvalue weighted by atomic mass is 9.96. The maximum atomic E-state index is 11.7. The number of Topliss-reactive ketones (excluding diaryl/α,β-unsaturated/α-hetero) is 1. The van der Waals surface area contributed by atoms with Gasteiger partial charge in [0.1, 0.15) is 0 Å². The van der Waals surface area contributed by atoms with E-state index >= 15 is 0 Å². The van der Waals surface area contributed by atoms with Gasteiger partial charge in [0.05, 0.1) is 5.33 Å². The van der Waals surface area contributed by atoms with Crippen molar-refractivity contribution in [3.63, 3.8) is 0 Å². The summed E-state index contributed by atoms with van der Waals surface area (Å²) in [7, 11) is 0. The third kappa shape index (κ3) is 1.52. The minimum atomic E-state index is 0.223. The molecule has 0 radical (unpaired) electrons. The highest BCUT2D eigenvalue weighted by molar-refractivity contribution is 9.09. The first-order chi connectivity index (χ1) is 6.74. The number of fused-ring (bicyclic) bond motifs is 1. The number of carbonyl (C=O) groups is 1. The molecular formula is C12H13BrO. The Labute approximate surface area is 92.6 Å². The fraction of sp³-hybridized carbons (Fsp3) is 0.417. The van der Waals surface area contributed by atoms with Gasteiger partial charge in [0.25, 0.3) is 0 Å². The molecule has 2 rings (SSSR count). The number of benzene rings is 1. The van der Waals surface area contributed by atoms with Crippen LogP contribution in [0.2, 0.25) is 0 Å². The van der Waals surface area contributed by atoms with E-state index in [1.165, 1.54) is 17.5 Å². The minimum absolute atomic E-state index is 0.223. The summed E-state index contributed by atoms with van der Waals surface area (Å²) in [5.41, 5.74) is 4.77. The molecule has 1 nitrogen and oxygen atoms in total. The highest BCUT2D eigenvalue weighted by Crippen LogP contribution is 2.28. The molecule has 0 saturated carbocycles. The van der Waals surface area contributed by atoms with Crippen LogP contribution in [0.25, 0.3) is 0 Å². The number of halogens is 1.